The van der Waals surface area contributed by atoms with Crippen LogP contribution in [0.4, 0.5) is 5.82 Å². The molecule has 0 saturated carbocycles. The summed E-state index contributed by atoms with van der Waals surface area (Å²) < 4.78 is 10.8. The van der Waals surface area contributed by atoms with Crippen molar-refractivity contribution in [1.29, 1.82) is 0 Å². The minimum Gasteiger partial charge on any atom is -0.379 e. The summed E-state index contributed by atoms with van der Waals surface area (Å²) in [5, 5.41) is 3.53. The van der Waals surface area contributed by atoms with E-state index >= 15 is 0 Å². The van der Waals surface area contributed by atoms with Crippen LogP contribution in [0.15, 0.2) is 12.3 Å². The molecule has 3 heterocycles. The molecule has 0 bridgehead atoms. The molecule has 1 aromatic rings. The van der Waals surface area contributed by atoms with E-state index in [1.807, 2.05) is 12.3 Å². The predicted molar refractivity (Wildman–Crippen MR) is 89.7 cm³/mol. The van der Waals surface area contributed by atoms with Gasteiger partial charge < -0.3 is 19.7 Å². The number of anilines is 1. The summed E-state index contributed by atoms with van der Waals surface area (Å²) in [4.78, 5) is 9.32. The molecule has 0 amide bonds. The van der Waals surface area contributed by atoms with Gasteiger partial charge in [0.05, 0.1) is 26.4 Å². The van der Waals surface area contributed by atoms with Gasteiger partial charge in [-0.05, 0) is 31.6 Å². The minimum atomic E-state index is 0.781. The van der Waals surface area contributed by atoms with Crippen molar-refractivity contribution in [2.75, 3.05) is 70.6 Å². The van der Waals surface area contributed by atoms with Gasteiger partial charge in [0.1, 0.15) is 5.82 Å². The Morgan fingerprint density at radius 3 is 2.61 bits per heavy atom. The van der Waals surface area contributed by atoms with Crippen molar-refractivity contribution in [1.82, 2.24) is 15.2 Å². The number of aromatic nitrogens is 1. The van der Waals surface area contributed by atoms with Gasteiger partial charge >= 0.3 is 0 Å². The van der Waals surface area contributed by atoms with Crippen molar-refractivity contribution >= 4 is 5.82 Å². The molecule has 127 valence electrons. The number of nitrogens with zero attached hydrogens (tertiary/aromatic N) is 3. The smallest absolute Gasteiger partial charge is 0.133 e. The Morgan fingerprint density at radius 2 is 1.83 bits per heavy atom. The summed E-state index contributed by atoms with van der Waals surface area (Å²) in [7, 11) is 0. The second kappa shape index (κ2) is 9.17. The van der Waals surface area contributed by atoms with Gasteiger partial charge in [-0.25, -0.2) is 4.98 Å². The highest BCUT2D eigenvalue weighted by Crippen LogP contribution is 2.17. The topological polar surface area (TPSA) is 49.9 Å². The van der Waals surface area contributed by atoms with Gasteiger partial charge in [0.15, 0.2) is 0 Å². The van der Waals surface area contributed by atoms with Crippen molar-refractivity contribution in [3.8, 4) is 0 Å². The van der Waals surface area contributed by atoms with E-state index in [0.29, 0.717) is 0 Å². The van der Waals surface area contributed by atoms with E-state index in [-0.39, 0.29) is 0 Å². The lowest BCUT2D eigenvalue weighted by atomic mass is 10.2. The number of rotatable bonds is 7. The highest BCUT2D eigenvalue weighted by atomic mass is 16.5. The Labute approximate surface area is 138 Å². The maximum Gasteiger partial charge on any atom is 0.133 e. The van der Waals surface area contributed by atoms with Crippen LogP contribution in [0.1, 0.15) is 12.0 Å². The standard InChI is InChI=1S/C17H27N4O2/c1-3-16(17(19-5-1)21-9-13-23-14-10-21)15-18-4-2-6-20-7-11-22-12-8-20/h1,5,18H,2,4,6-15H2. The fourth-order valence-electron chi connectivity index (χ4n) is 3.03. The number of hydrogen-bond donors (Lipinski definition) is 1. The number of ether oxygens (including phenoxy) is 2. The van der Waals surface area contributed by atoms with E-state index in [1.165, 1.54) is 0 Å². The fraction of sp³-hybridized carbons (Fsp3) is 0.706. The molecule has 6 nitrogen and oxygen atoms in total. The molecular weight excluding hydrogens is 292 g/mol. The molecule has 2 saturated heterocycles. The second-order valence-electron chi connectivity index (χ2n) is 5.98. The summed E-state index contributed by atoms with van der Waals surface area (Å²) in [6.07, 6.45) is 2.99. The van der Waals surface area contributed by atoms with Crippen molar-refractivity contribution in [2.45, 2.75) is 13.0 Å². The molecule has 1 radical (unpaired) electrons. The molecule has 1 N–H and O–H groups in total. The first-order chi connectivity index (χ1) is 11.4. The van der Waals surface area contributed by atoms with Gasteiger partial charge in [0, 0.05) is 44.5 Å². The zero-order valence-electron chi connectivity index (χ0n) is 13.8. The molecule has 0 aromatic carbocycles. The zero-order chi connectivity index (χ0) is 15.7. The van der Waals surface area contributed by atoms with Crippen LogP contribution in [0.5, 0.6) is 0 Å². The van der Waals surface area contributed by atoms with Gasteiger partial charge in [0.2, 0.25) is 0 Å². The lowest BCUT2D eigenvalue weighted by Crippen LogP contribution is -2.38. The van der Waals surface area contributed by atoms with Crippen LogP contribution in [-0.2, 0) is 16.0 Å². The molecule has 6 heteroatoms. The molecule has 3 rings (SSSR count). The van der Waals surface area contributed by atoms with Crippen molar-refractivity contribution in [2.24, 2.45) is 0 Å². The summed E-state index contributed by atoms with van der Waals surface area (Å²) in [5.74, 6) is 1.05. The summed E-state index contributed by atoms with van der Waals surface area (Å²) in [5.41, 5.74) is 1.15. The number of pyridine rings is 1. The lowest BCUT2D eigenvalue weighted by molar-refractivity contribution is 0.0374. The SMILES string of the molecule is [c]1ccnc(N2CCOCC2)c1CNCCCN1CCOCC1. The molecule has 0 atom stereocenters. The molecule has 1 aromatic heterocycles. The largest absolute Gasteiger partial charge is 0.379 e. The van der Waals surface area contributed by atoms with Gasteiger partial charge in [0.25, 0.3) is 0 Å². The molecule has 0 spiro atoms. The van der Waals surface area contributed by atoms with Crippen LogP contribution >= 0.6 is 0 Å². The summed E-state index contributed by atoms with van der Waals surface area (Å²) in [6.45, 7) is 10.3. The highest BCUT2D eigenvalue weighted by molar-refractivity contribution is 5.46. The maximum absolute atomic E-state index is 5.42. The third-order valence-corrected chi connectivity index (χ3v) is 4.34. The zero-order valence-corrected chi connectivity index (χ0v) is 13.8. The van der Waals surface area contributed by atoms with Crippen LogP contribution in [0.2, 0.25) is 0 Å². The Kier molecular flexibility index (Phi) is 6.64. The van der Waals surface area contributed by atoms with E-state index in [0.717, 1.165) is 90.0 Å². The quantitative estimate of drug-likeness (QED) is 0.740. The molecule has 0 aliphatic carbocycles. The number of nitrogens with one attached hydrogen (secondary N) is 1. The molecule has 23 heavy (non-hydrogen) atoms. The summed E-state index contributed by atoms with van der Waals surface area (Å²) in [6, 6.07) is 5.24. The van der Waals surface area contributed by atoms with Gasteiger partial charge in [-0.3, -0.25) is 4.90 Å². The predicted octanol–water partition coefficient (Wildman–Crippen LogP) is 0.530. The Morgan fingerprint density at radius 1 is 1.09 bits per heavy atom. The van der Waals surface area contributed by atoms with Crippen LogP contribution < -0.4 is 10.2 Å². The molecule has 2 aliphatic heterocycles. The highest BCUT2D eigenvalue weighted by Gasteiger charge is 2.15. The average molecular weight is 319 g/mol. The van der Waals surface area contributed by atoms with E-state index in [1.54, 1.807) is 0 Å². The van der Waals surface area contributed by atoms with E-state index in [4.69, 9.17) is 9.47 Å². The average Bonchev–Trinajstić information content (AvgIpc) is 2.63. The monoisotopic (exact) mass is 319 g/mol. The maximum atomic E-state index is 5.42. The number of morpholine rings is 2. The molecule has 0 unspecified atom stereocenters. The van der Waals surface area contributed by atoms with Crippen LogP contribution in [0, 0.1) is 6.07 Å². The third-order valence-electron chi connectivity index (χ3n) is 4.34. The van der Waals surface area contributed by atoms with Crippen molar-refractivity contribution < 1.29 is 9.47 Å². The van der Waals surface area contributed by atoms with E-state index < -0.39 is 0 Å². The third kappa shape index (κ3) is 5.14. The molecule has 2 fully saturated rings. The van der Waals surface area contributed by atoms with Crippen LogP contribution in [-0.4, -0.2) is 75.6 Å². The number of hydrogen-bond acceptors (Lipinski definition) is 6. The van der Waals surface area contributed by atoms with Gasteiger partial charge in [-0.15, -0.1) is 0 Å². The Balaban J connectivity index is 1.41. The van der Waals surface area contributed by atoms with Crippen molar-refractivity contribution in [3.05, 3.63) is 23.9 Å². The van der Waals surface area contributed by atoms with Gasteiger partial charge in [-0.1, -0.05) is 0 Å². The molecular formula is C17H27N4O2. The first kappa shape index (κ1) is 16.6. The second-order valence-corrected chi connectivity index (χ2v) is 5.98. The van der Waals surface area contributed by atoms with Crippen LogP contribution in [0.25, 0.3) is 0 Å². The Bertz CT molecular complexity index is 460. The lowest BCUT2D eigenvalue weighted by Gasteiger charge is -2.29. The van der Waals surface area contributed by atoms with Crippen LogP contribution in [0.3, 0.4) is 0 Å². The van der Waals surface area contributed by atoms with Crippen molar-refractivity contribution in [3.63, 3.8) is 0 Å². The van der Waals surface area contributed by atoms with E-state index in [2.05, 4.69) is 26.2 Å². The van der Waals surface area contributed by atoms with Gasteiger partial charge in [-0.2, -0.15) is 0 Å². The normalized spacial score (nSPS) is 19.9. The first-order valence-electron chi connectivity index (χ1n) is 8.62. The Hall–Kier alpha value is -1.21. The van der Waals surface area contributed by atoms with E-state index in [9.17, 15) is 0 Å². The summed E-state index contributed by atoms with van der Waals surface area (Å²) >= 11 is 0. The fourth-order valence-corrected chi connectivity index (χ4v) is 3.03. The first-order valence-corrected chi connectivity index (χ1v) is 8.62. The minimum absolute atomic E-state index is 0.781. The molecule has 2 aliphatic rings.